The third kappa shape index (κ3) is 4.07. The number of ether oxygens (including phenoxy) is 1. The summed E-state index contributed by atoms with van der Waals surface area (Å²) in [4.78, 5) is 12.0. The molecule has 0 aromatic heterocycles. The highest BCUT2D eigenvalue weighted by atomic mass is 16.5. The zero-order valence-corrected chi connectivity index (χ0v) is 15.6. The zero-order chi connectivity index (χ0) is 19.9. The quantitative estimate of drug-likeness (QED) is 0.638. The minimum Gasteiger partial charge on any atom is -0.497 e. The fraction of sp³-hybridized carbons (Fsp3) is 0.261. The summed E-state index contributed by atoms with van der Waals surface area (Å²) >= 11 is 0. The molecule has 0 radical (unpaired) electrons. The number of carbonyl (C=O) groups excluding carboxylic acids is 1. The van der Waals surface area contributed by atoms with Gasteiger partial charge < -0.3 is 9.53 Å². The maximum Gasteiger partial charge on any atom is 0.161 e. The van der Waals surface area contributed by atoms with Crippen molar-refractivity contribution in [2.75, 3.05) is 7.11 Å². The molecule has 0 fully saturated rings. The minimum absolute atomic E-state index is 0.0729. The fourth-order valence-corrected chi connectivity index (χ4v) is 3.45. The lowest BCUT2D eigenvalue weighted by molar-refractivity contribution is -0.117. The van der Waals surface area contributed by atoms with Gasteiger partial charge in [0.15, 0.2) is 5.41 Å². The van der Waals surface area contributed by atoms with E-state index in [0.717, 1.165) is 11.1 Å². The molecule has 0 aliphatic rings. The highest BCUT2D eigenvalue weighted by Crippen LogP contribution is 2.49. The van der Waals surface area contributed by atoms with Crippen LogP contribution in [0, 0.1) is 28.1 Å². The number of benzene rings is 2. The Morgan fingerprint density at radius 3 is 2.15 bits per heavy atom. The Kier molecular flexibility index (Phi) is 6.52. The van der Waals surface area contributed by atoms with Crippen molar-refractivity contribution in [3.05, 3.63) is 78.4 Å². The van der Waals surface area contributed by atoms with Gasteiger partial charge in [0.25, 0.3) is 0 Å². The van der Waals surface area contributed by atoms with Gasteiger partial charge in [-0.15, -0.1) is 6.58 Å². The molecule has 4 heteroatoms. The topological polar surface area (TPSA) is 73.9 Å². The first-order chi connectivity index (χ1) is 13.0. The van der Waals surface area contributed by atoms with Gasteiger partial charge in [0.1, 0.15) is 11.5 Å². The van der Waals surface area contributed by atoms with E-state index in [1.165, 1.54) is 6.92 Å². The maximum absolute atomic E-state index is 12.0. The highest BCUT2D eigenvalue weighted by molar-refractivity contribution is 5.77. The van der Waals surface area contributed by atoms with Crippen LogP contribution in [0.1, 0.15) is 36.3 Å². The van der Waals surface area contributed by atoms with Gasteiger partial charge in [0, 0.05) is 18.3 Å². The Hall–Kier alpha value is -3.37. The second kappa shape index (κ2) is 8.83. The molecule has 0 saturated carbocycles. The number of hydrogen-bond donors (Lipinski definition) is 0. The van der Waals surface area contributed by atoms with E-state index in [0.29, 0.717) is 5.75 Å². The van der Waals surface area contributed by atoms with Gasteiger partial charge in [-0.05, 0) is 30.2 Å². The Labute approximate surface area is 160 Å². The van der Waals surface area contributed by atoms with Crippen LogP contribution >= 0.6 is 0 Å². The average molecular weight is 358 g/mol. The summed E-state index contributed by atoms with van der Waals surface area (Å²) in [5, 5.41) is 20.3. The molecule has 0 aliphatic carbocycles. The number of Topliss-reactive ketones (excluding diaryl/α,β-unsaturated/α-hetero) is 1. The first-order valence-corrected chi connectivity index (χ1v) is 8.65. The van der Waals surface area contributed by atoms with Crippen molar-refractivity contribution < 1.29 is 9.53 Å². The molecule has 4 nitrogen and oxygen atoms in total. The predicted octanol–water partition coefficient (Wildman–Crippen LogP) is 4.76. The van der Waals surface area contributed by atoms with Gasteiger partial charge >= 0.3 is 0 Å². The number of carbonyl (C=O) groups is 1. The molecule has 0 N–H and O–H groups in total. The van der Waals surface area contributed by atoms with E-state index in [4.69, 9.17) is 4.74 Å². The van der Waals surface area contributed by atoms with E-state index < -0.39 is 17.3 Å². The van der Waals surface area contributed by atoms with Crippen LogP contribution in [0.3, 0.4) is 0 Å². The molecule has 136 valence electrons. The molecule has 0 heterocycles. The van der Waals surface area contributed by atoms with Crippen LogP contribution in [0.2, 0.25) is 0 Å². The lowest BCUT2D eigenvalue weighted by Crippen LogP contribution is -2.33. The molecule has 0 aliphatic heterocycles. The van der Waals surface area contributed by atoms with E-state index in [2.05, 4.69) is 18.7 Å². The second-order valence-corrected chi connectivity index (χ2v) is 6.45. The van der Waals surface area contributed by atoms with E-state index in [9.17, 15) is 15.3 Å². The normalized spacial score (nSPS) is 12.9. The van der Waals surface area contributed by atoms with Gasteiger partial charge in [0.05, 0.1) is 19.2 Å². The van der Waals surface area contributed by atoms with Gasteiger partial charge in [-0.3, -0.25) is 0 Å². The summed E-state index contributed by atoms with van der Waals surface area (Å²) < 4.78 is 5.19. The van der Waals surface area contributed by atoms with Crippen molar-refractivity contribution >= 4 is 5.78 Å². The highest BCUT2D eigenvalue weighted by Gasteiger charge is 2.47. The van der Waals surface area contributed by atoms with E-state index >= 15 is 0 Å². The largest absolute Gasteiger partial charge is 0.497 e. The van der Waals surface area contributed by atoms with Gasteiger partial charge in [0.2, 0.25) is 0 Å². The van der Waals surface area contributed by atoms with E-state index in [1.54, 1.807) is 25.3 Å². The van der Waals surface area contributed by atoms with Crippen molar-refractivity contribution in [3.8, 4) is 17.9 Å². The molecule has 27 heavy (non-hydrogen) atoms. The first-order valence-electron chi connectivity index (χ1n) is 8.65. The minimum atomic E-state index is -1.47. The Balaban J connectivity index is 2.63. The van der Waals surface area contributed by atoms with Crippen LogP contribution in [0.4, 0.5) is 0 Å². The summed E-state index contributed by atoms with van der Waals surface area (Å²) in [6.07, 6.45) is 1.72. The SMILES string of the molecule is C=CC(c1ccc(OC)cc1)C(C#N)(C#N)C(CC(C)=O)c1ccccc1. The monoisotopic (exact) mass is 358 g/mol. The van der Waals surface area contributed by atoms with E-state index in [1.807, 2.05) is 42.5 Å². The third-order valence-corrected chi connectivity index (χ3v) is 4.81. The summed E-state index contributed by atoms with van der Waals surface area (Å²) in [6.45, 7) is 5.36. The molecule has 2 rings (SSSR count). The zero-order valence-electron chi connectivity index (χ0n) is 15.6. The molecular weight excluding hydrogens is 336 g/mol. The Bertz CT molecular complexity index is 859. The predicted molar refractivity (Wildman–Crippen MR) is 104 cm³/mol. The number of nitrogens with zero attached hydrogens (tertiary/aromatic N) is 2. The van der Waals surface area contributed by atoms with E-state index in [-0.39, 0.29) is 12.2 Å². The molecule has 0 saturated heterocycles. The molecule has 2 aromatic rings. The molecule has 2 unspecified atom stereocenters. The van der Waals surface area contributed by atoms with Crippen LogP contribution in [0.5, 0.6) is 5.75 Å². The van der Waals surface area contributed by atoms with Crippen LogP contribution in [0.25, 0.3) is 0 Å². The van der Waals surface area contributed by atoms with Crippen molar-refractivity contribution in [3.63, 3.8) is 0 Å². The van der Waals surface area contributed by atoms with Crippen LogP contribution in [0.15, 0.2) is 67.3 Å². The molecule has 2 aromatic carbocycles. The first kappa shape index (κ1) is 19.9. The fourth-order valence-electron chi connectivity index (χ4n) is 3.45. The summed E-state index contributed by atoms with van der Waals surface area (Å²) in [7, 11) is 1.58. The number of hydrogen-bond acceptors (Lipinski definition) is 4. The average Bonchev–Trinajstić information content (AvgIpc) is 2.71. The molecule has 0 amide bonds. The van der Waals surface area contributed by atoms with Crippen molar-refractivity contribution in [1.82, 2.24) is 0 Å². The lowest BCUT2D eigenvalue weighted by Gasteiger charge is -2.35. The second-order valence-electron chi connectivity index (χ2n) is 6.45. The van der Waals surface area contributed by atoms with Crippen LogP contribution in [-0.4, -0.2) is 12.9 Å². The van der Waals surface area contributed by atoms with Gasteiger partial charge in [-0.2, -0.15) is 10.5 Å². The van der Waals surface area contributed by atoms with Crippen LogP contribution in [-0.2, 0) is 4.79 Å². The number of ketones is 1. The number of nitriles is 2. The lowest BCUT2D eigenvalue weighted by atomic mass is 9.62. The number of rotatable bonds is 8. The molecular formula is C23H22N2O2. The van der Waals surface area contributed by atoms with Gasteiger partial charge in [-0.1, -0.05) is 48.5 Å². The smallest absolute Gasteiger partial charge is 0.161 e. The Morgan fingerprint density at radius 1 is 1.11 bits per heavy atom. The van der Waals surface area contributed by atoms with Crippen LogP contribution < -0.4 is 4.74 Å². The summed E-state index contributed by atoms with van der Waals surface area (Å²) in [6, 6.07) is 20.9. The maximum atomic E-state index is 12.0. The third-order valence-electron chi connectivity index (χ3n) is 4.81. The van der Waals surface area contributed by atoms with Crippen molar-refractivity contribution in [1.29, 1.82) is 10.5 Å². The summed E-state index contributed by atoms with van der Waals surface area (Å²) in [5.74, 6) is -0.528. The molecule has 0 spiro atoms. The van der Waals surface area contributed by atoms with Crippen molar-refractivity contribution in [2.24, 2.45) is 5.41 Å². The molecule has 2 atom stereocenters. The number of methoxy groups -OCH3 is 1. The Morgan fingerprint density at radius 2 is 1.70 bits per heavy atom. The number of allylic oxidation sites excluding steroid dienone is 1. The standard InChI is InChI=1S/C23H22N2O2/c1-4-21(19-10-12-20(27-3)13-11-19)23(15-24,16-25)22(14-17(2)26)18-8-6-5-7-9-18/h4-13,21-22H,1,14H2,2-3H3. The summed E-state index contributed by atoms with van der Waals surface area (Å²) in [5.41, 5.74) is 0.0955. The van der Waals surface area contributed by atoms with Crippen molar-refractivity contribution in [2.45, 2.75) is 25.2 Å². The molecule has 0 bridgehead atoms. The van der Waals surface area contributed by atoms with Gasteiger partial charge in [-0.25, -0.2) is 0 Å².